The van der Waals surface area contributed by atoms with Gasteiger partial charge in [-0.15, -0.1) is 0 Å². The summed E-state index contributed by atoms with van der Waals surface area (Å²) in [6.45, 7) is 5.77. The summed E-state index contributed by atoms with van der Waals surface area (Å²) in [5, 5.41) is 12.0. The Morgan fingerprint density at radius 2 is 1.85 bits per heavy atom. The van der Waals surface area contributed by atoms with E-state index in [1.54, 1.807) is 6.07 Å². The van der Waals surface area contributed by atoms with Crippen LogP contribution in [-0.4, -0.2) is 17.0 Å². The lowest BCUT2D eigenvalue weighted by molar-refractivity contribution is -0.116. The normalized spacial score (nSPS) is 10.3. The van der Waals surface area contributed by atoms with E-state index in [4.69, 9.17) is 0 Å². The molecule has 0 spiro atoms. The Kier molecular flexibility index (Phi) is 6.22. The standard InChI is InChI=1S/C16H23NO3/c1-4-5-6-7-8-14(18)17-15-12(3)9-11(2)10-13(15)16(19)20/h9-10H,4-8H2,1-3H3,(H,17,18)(H,19,20). The van der Waals surface area contributed by atoms with Crippen molar-refractivity contribution in [3.8, 4) is 0 Å². The second-order valence-electron chi connectivity index (χ2n) is 5.17. The Bertz CT molecular complexity index is 495. The minimum Gasteiger partial charge on any atom is -0.478 e. The van der Waals surface area contributed by atoms with Crippen molar-refractivity contribution in [2.75, 3.05) is 5.32 Å². The highest BCUT2D eigenvalue weighted by Gasteiger charge is 2.15. The molecular formula is C16H23NO3. The van der Waals surface area contributed by atoms with Gasteiger partial charge in [0.25, 0.3) is 0 Å². The smallest absolute Gasteiger partial charge is 0.337 e. The second kappa shape index (κ2) is 7.68. The molecule has 0 aliphatic rings. The van der Waals surface area contributed by atoms with Crippen LogP contribution >= 0.6 is 0 Å². The van der Waals surface area contributed by atoms with Gasteiger partial charge in [0.1, 0.15) is 0 Å². The molecule has 0 saturated heterocycles. The first-order valence-electron chi connectivity index (χ1n) is 7.10. The fourth-order valence-corrected chi connectivity index (χ4v) is 2.22. The van der Waals surface area contributed by atoms with Crippen LogP contribution in [0.2, 0.25) is 0 Å². The summed E-state index contributed by atoms with van der Waals surface area (Å²) >= 11 is 0. The van der Waals surface area contributed by atoms with E-state index in [1.165, 1.54) is 0 Å². The minimum atomic E-state index is -1.02. The number of hydrogen-bond acceptors (Lipinski definition) is 2. The van der Waals surface area contributed by atoms with Gasteiger partial charge in [0.2, 0.25) is 5.91 Å². The van der Waals surface area contributed by atoms with Crippen molar-refractivity contribution in [2.24, 2.45) is 0 Å². The van der Waals surface area contributed by atoms with Gasteiger partial charge in [0.05, 0.1) is 11.3 Å². The zero-order chi connectivity index (χ0) is 15.1. The maximum absolute atomic E-state index is 11.9. The zero-order valence-corrected chi connectivity index (χ0v) is 12.5. The number of carbonyl (C=O) groups is 2. The van der Waals surface area contributed by atoms with E-state index in [2.05, 4.69) is 12.2 Å². The molecule has 0 fully saturated rings. The molecule has 0 saturated carbocycles. The van der Waals surface area contributed by atoms with E-state index in [1.807, 2.05) is 19.9 Å². The second-order valence-corrected chi connectivity index (χ2v) is 5.17. The maximum atomic E-state index is 11.9. The summed E-state index contributed by atoms with van der Waals surface area (Å²) in [6, 6.07) is 3.46. The highest BCUT2D eigenvalue weighted by molar-refractivity contribution is 6.01. The van der Waals surface area contributed by atoms with Crippen molar-refractivity contribution in [3.05, 3.63) is 28.8 Å². The van der Waals surface area contributed by atoms with Crippen LogP contribution < -0.4 is 5.32 Å². The third kappa shape index (κ3) is 4.68. The van der Waals surface area contributed by atoms with E-state index in [9.17, 15) is 14.7 Å². The number of carboxylic acids is 1. The lowest BCUT2D eigenvalue weighted by atomic mass is 10.0. The van der Waals surface area contributed by atoms with Gasteiger partial charge in [0.15, 0.2) is 0 Å². The fourth-order valence-electron chi connectivity index (χ4n) is 2.22. The van der Waals surface area contributed by atoms with Crippen LogP contribution in [0.25, 0.3) is 0 Å². The molecule has 0 radical (unpaired) electrons. The van der Waals surface area contributed by atoms with Crippen molar-refractivity contribution >= 4 is 17.6 Å². The van der Waals surface area contributed by atoms with Crippen LogP contribution in [-0.2, 0) is 4.79 Å². The topological polar surface area (TPSA) is 66.4 Å². The van der Waals surface area contributed by atoms with Crippen LogP contribution in [0.3, 0.4) is 0 Å². The first kappa shape index (κ1) is 16.2. The fraction of sp³-hybridized carbons (Fsp3) is 0.500. The molecule has 2 N–H and O–H groups in total. The largest absolute Gasteiger partial charge is 0.478 e. The summed E-state index contributed by atoms with van der Waals surface area (Å²) in [7, 11) is 0. The zero-order valence-electron chi connectivity index (χ0n) is 12.5. The van der Waals surface area contributed by atoms with Crippen molar-refractivity contribution in [1.29, 1.82) is 0 Å². The third-order valence-corrected chi connectivity index (χ3v) is 3.23. The quantitative estimate of drug-likeness (QED) is 0.742. The van der Waals surface area contributed by atoms with Crippen LogP contribution in [0.1, 0.15) is 60.5 Å². The molecule has 0 aromatic heterocycles. The number of rotatable bonds is 7. The number of nitrogens with one attached hydrogen (secondary N) is 1. The van der Waals surface area contributed by atoms with Crippen LogP contribution in [0.15, 0.2) is 12.1 Å². The first-order chi connectivity index (χ1) is 9.45. The van der Waals surface area contributed by atoms with Gasteiger partial charge < -0.3 is 10.4 Å². The number of anilines is 1. The number of amides is 1. The van der Waals surface area contributed by atoms with Crippen molar-refractivity contribution in [2.45, 2.75) is 52.9 Å². The predicted octanol–water partition coefficient (Wildman–Crippen LogP) is 3.91. The van der Waals surface area contributed by atoms with E-state index in [0.717, 1.165) is 36.8 Å². The molecule has 110 valence electrons. The Hall–Kier alpha value is -1.84. The molecule has 4 nitrogen and oxygen atoms in total. The molecule has 1 aromatic rings. The maximum Gasteiger partial charge on any atom is 0.337 e. The summed E-state index contributed by atoms with van der Waals surface area (Å²) in [4.78, 5) is 23.1. The predicted molar refractivity (Wildman–Crippen MR) is 80.3 cm³/mol. The Morgan fingerprint density at radius 3 is 2.45 bits per heavy atom. The molecule has 0 aliphatic heterocycles. The van der Waals surface area contributed by atoms with Gasteiger partial charge in [-0.2, -0.15) is 0 Å². The van der Waals surface area contributed by atoms with E-state index < -0.39 is 5.97 Å². The van der Waals surface area contributed by atoms with Crippen LogP contribution in [0.4, 0.5) is 5.69 Å². The van der Waals surface area contributed by atoms with Crippen molar-refractivity contribution in [3.63, 3.8) is 0 Å². The SMILES string of the molecule is CCCCCCC(=O)Nc1c(C)cc(C)cc1C(=O)O. The molecule has 0 bridgehead atoms. The first-order valence-corrected chi connectivity index (χ1v) is 7.10. The van der Waals surface area contributed by atoms with E-state index >= 15 is 0 Å². The number of unbranched alkanes of at least 4 members (excludes halogenated alkanes) is 3. The van der Waals surface area contributed by atoms with Gasteiger partial charge in [-0.05, 0) is 37.5 Å². The number of carbonyl (C=O) groups excluding carboxylic acids is 1. The number of aromatic carboxylic acids is 1. The molecule has 1 aromatic carbocycles. The summed E-state index contributed by atoms with van der Waals surface area (Å²) < 4.78 is 0. The molecule has 0 heterocycles. The van der Waals surface area contributed by atoms with Gasteiger partial charge in [0, 0.05) is 6.42 Å². The van der Waals surface area contributed by atoms with Crippen LogP contribution in [0.5, 0.6) is 0 Å². The molecule has 0 atom stereocenters. The number of aryl methyl sites for hydroxylation is 2. The monoisotopic (exact) mass is 277 g/mol. The Labute approximate surface area is 120 Å². The molecule has 1 amide bonds. The van der Waals surface area contributed by atoms with Gasteiger partial charge >= 0.3 is 5.97 Å². The average molecular weight is 277 g/mol. The molecule has 0 unspecified atom stereocenters. The van der Waals surface area contributed by atoms with Crippen LogP contribution in [0, 0.1) is 13.8 Å². The number of benzene rings is 1. The molecule has 1 rings (SSSR count). The van der Waals surface area contributed by atoms with E-state index in [-0.39, 0.29) is 11.5 Å². The number of carboxylic acid groups (broad SMARTS) is 1. The minimum absolute atomic E-state index is 0.115. The Balaban J connectivity index is 2.76. The molecule has 20 heavy (non-hydrogen) atoms. The lowest BCUT2D eigenvalue weighted by Crippen LogP contribution is -2.15. The molecule has 4 heteroatoms. The lowest BCUT2D eigenvalue weighted by Gasteiger charge is -2.12. The highest BCUT2D eigenvalue weighted by Crippen LogP contribution is 2.23. The van der Waals surface area contributed by atoms with Gasteiger partial charge in [-0.3, -0.25) is 4.79 Å². The average Bonchev–Trinajstić information content (AvgIpc) is 2.37. The molecular weight excluding hydrogens is 254 g/mol. The Morgan fingerprint density at radius 1 is 1.15 bits per heavy atom. The summed E-state index contributed by atoms with van der Waals surface area (Å²) in [6.07, 6.45) is 4.56. The van der Waals surface area contributed by atoms with E-state index in [0.29, 0.717) is 12.1 Å². The van der Waals surface area contributed by atoms with Gasteiger partial charge in [-0.25, -0.2) is 4.79 Å². The third-order valence-electron chi connectivity index (χ3n) is 3.23. The summed E-state index contributed by atoms with van der Waals surface area (Å²) in [5.74, 6) is -1.13. The number of hydrogen-bond donors (Lipinski definition) is 2. The summed E-state index contributed by atoms with van der Waals surface area (Å²) in [5.41, 5.74) is 2.23. The molecule has 0 aliphatic carbocycles. The highest BCUT2D eigenvalue weighted by atomic mass is 16.4. The van der Waals surface area contributed by atoms with Crippen molar-refractivity contribution in [1.82, 2.24) is 0 Å². The van der Waals surface area contributed by atoms with Crippen molar-refractivity contribution < 1.29 is 14.7 Å². The van der Waals surface area contributed by atoms with Gasteiger partial charge in [-0.1, -0.05) is 32.3 Å².